The number of hydrogen-bond acceptors (Lipinski definition) is 1. The van der Waals surface area contributed by atoms with E-state index in [0.717, 1.165) is 17.2 Å². The van der Waals surface area contributed by atoms with Gasteiger partial charge >= 0.3 is 6.18 Å². The summed E-state index contributed by atoms with van der Waals surface area (Å²) in [7, 11) is 0. The zero-order chi connectivity index (χ0) is 15.6. The molecule has 0 spiro atoms. The van der Waals surface area contributed by atoms with E-state index in [9.17, 15) is 13.2 Å². The van der Waals surface area contributed by atoms with E-state index in [2.05, 4.69) is 0 Å². The summed E-state index contributed by atoms with van der Waals surface area (Å²) in [4.78, 5) is 0. The van der Waals surface area contributed by atoms with Crippen LogP contribution in [0.15, 0.2) is 42.5 Å². The number of hydrogen-bond donors (Lipinski definition) is 1. The van der Waals surface area contributed by atoms with Crippen LogP contribution in [0.5, 0.6) is 0 Å². The Morgan fingerprint density at radius 1 is 1.00 bits per heavy atom. The van der Waals surface area contributed by atoms with Crippen LogP contribution in [0.25, 0.3) is 11.1 Å². The molecule has 2 rings (SSSR count). The van der Waals surface area contributed by atoms with Crippen LogP contribution < -0.4 is 0 Å². The van der Waals surface area contributed by atoms with Crippen molar-refractivity contribution in [2.75, 3.05) is 0 Å². The summed E-state index contributed by atoms with van der Waals surface area (Å²) in [5.74, 6) is 0.309. The molecule has 0 atom stereocenters. The Balaban J connectivity index is 2.53. The van der Waals surface area contributed by atoms with Gasteiger partial charge in [-0.25, -0.2) is 0 Å². The van der Waals surface area contributed by atoms with Gasteiger partial charge in [-0.2, -0.15) is 13.2 Å². The van der Waals surface area contributed by atoms with Gasteiger partial charge in [-0.15, -0.1) is 0 Å². The fourth-order valence-corrected chi connectivity index (χ4v) is 2.24. The van der Waals surface area contributed by atoms with Gasteiger partial charge in [0.2, 0.25) is 0 Å². The third kappa shape index (κ3) is 3.45. The smallest absolute Gasteiger partial charge is 0.392 e. The molecule has 1 nitrogen and oxygen atoms in total. The van der Waals surface area contributed by atoms with Crippen molar-refractivity contribution in [1.82, 2.24) is 0 Å². The lowest BCUT2D eigenvalue weighted by Crippen LogP contribution is -2.09. The van der Waals surface area contributed by atoms with Crippen LogP contribution >= 0.6 is 0 Å². The van der Waals surface area contributed by atoms with Crippen LogP contribution in [0.3, 0.4) is 0 Å². The minimum Gasteiger partial charge on any atom is -0.392 e. The quantitative estimate of drug-likeness (QED) is 0.845. The minimum absolute atomic E-state index is 0.105. The van der Waals surface area contributed by atoms with Crippen LogP contribution in [0.4, 0.5) is 13.2 Å². The monoisotopic (exact) mass is 294 g/mol. The molecule has 0 fully saturated rings. The van der Waals surface area contributed by atoms with Gasteiger partial charge in [0.1, 0.15) is 0 Å². The zero-order valence-electron chi connectivity index (χ0n) is 11.9. The lowest BCUT2D eigenvalue weighted by atomic mass is 9.95. The van der Waals surface area contributed by atoms with Gasteiger partial charge in [-0.1, -0.05) is 50.2 Å². The normalized spacial score (nSPS) is 12.0. The summed E-state index contributed by atoms with van der Waals surface area (Å²) in [5.41, 5.74) is 1.44. The van der Waals surface area contributed by atoms with E-state index in [1.165, 1.54) is 6.07 Å². The first-order valence-corrected chi connectivity index (χ1v) is 6.74. The van der Waals surface area contributed by atoms with Gasteiger partial charge < -0.3 is 5.11 Å². The third-order valence-corrected chi connectivity index (χ3v) is 3.47. The summed E-state index contributed by atoms with van der Waals surface area (Å²) in [6.07, 6.45) is -4.47. The van der Waals surface area contributed by atoms with Crippen molar-refractivity contribution in [2.24, 2.45) is 0 Å². The van der Waals surface area contributed by atoms with Crippen molar-refractivity contribution < 1.29 is 18.3 Å². The third-order valence-electron chi connectivity index (χ3n) is 3.47. The van der Waals surface area contributed by atoms with Crippen LogP contribution in [-0.4, -0.2) is 5.11 Å². The molecule has 0 unspecified atom stereocenters. The van der Waals surface area contributed by atoms with Crippen molar-refractivity contribution in [3.8, 4) is 11.1 Å². The molecule has 0 aromatic heterocycles. The van der Waals surface area contributed by atoms with Crippen molar-refractivity contribution in [1.29, 1.82) is 0 Å². The second-order valence-electron chi connectivity index (χ2n) is 5.31. The molecule has 112 valence electrons. The van der Waals surface area contributed by atoms with E-state index < -0.39 is 18.3 Å². The van der Waals surface area contributed by atoms with Crippen molar-refractivity contribution in [2.45, 2.75) is 32.5 Å². The molecule has 21 heavy (non-hydrogen) atoms. The second kappa shape index (κ2) is 5.90. The van der Waals surface area contributed by atoms with E-state index in [1.54, 1.807) is 12.1 Å². The first-order chi connectivity index (χ1) is 9.82. The summed E-state index contributed by atoms with van der Waals surface area (Å²) < 4.78 is 39.1. The maximum Gasteiger partial charge on any atom is 0.416 e. The van der Waals surface area contributed by atoms with Crippen molar-refractivity contribution in [3.63, 3.8) is 0 Å². The number of rotatable bonds is 3. The van der Waals surface area contributed by atoms with Gasteiger partial charge in [0.25, 0.3) is 0 Å². The van der Waals surface area contributed by atoms with E-state index in [4.69, 9.17) is 5.11 Å². The molecule has 2 aromatic carbocycles. The molecule has 2 aromatic rings. The fraction of sp³-hybridized carbons (Fsp3) is 0.294. The molecule has 4 heteroatoms. The Hall–Kier alpha value is -1.81. The van der Waals surface area contributed by atoms with E-state index >= 15 is 0 Å². The second-order valence-corrected chi connectivity index (χ2v) is 5.31. The van der Waals surface area contributed by atoms with Gasteiger partial charge in [0.15, 0.2) is 0 Å². The molecule has 0 aliphatic heterocycles. The Labute approximate surface area is 122 Å². The Morgan fingerprint density at radius 2 is 1.67 bits per heavy atom. The number of halogens is 3. The average molecular weight is 294 g/mol. The van der Waals surface area contributed by atoms with Crippen LogP contribution in [-0.2, 0) is 12.8 Å². The molecule has 0 saturated heterocycles. The highest BCUT2D eigenvalue weighted by atomic mass is 19.4. The van der Waals surface area contributed by atoms with Crippen molar-refractivity contribution in [3.05, 3.63) is 59.2 Å². The summed E-state index contributed by atoms with van der Waals surface area (Å²) >= 11 is 0. The Bertz CT molecular complexity index is 630. The zero-order valence-corrected chi connectivity index (χ0v) is 11.9. The van der Waals surface area contributed by atoms with Gasteiger partial charge in [0, 0.05) is 0 Å². The standard InChI is InChI=1S/C17H17F3O/c1-11(2)12-4-3-5-13(8-12)14-6-7-15(10-21)16(9-14)17(18,19)20/h3-9,11,21H,10H2,1-2H3. The SMILES string of the molecule is CC(C)c1cccc(-c2ccc(CO)c(C(F)(F)F)c2)c1. The molecule has 0 aliphatic rings. The molecule has 0 amide bonds. The number of aliphatic hydroxyl groups excluding tert-OH is 1. The molecular formula is C17H17F3O. The highest BCUT2D eigenvalue weighted by Gasteiger charge is 2.33. The predicted octanol–water partition coefficient (Wildman–Crippen LogP) is 4.99. The topological polar surface area (TPSA) is 20.2 Å². The lowest BCUT2D eigenvalue weighted by Gasteiger charge is -2.14. The first kappa shape index (κ1) is 15.6. The molecule has 0 saturated carbocycles. The lowest BCUT2D eigenvalue weighted by molar-refractivity contribution is -0.138. The van der Waals surface area contributed by atoms with E-state index in [-0.39, 0.29) is 5.56 Å². The molecule has 0 heterocycles. The van der Waals surface area contributed by atoms with E-state index in [0.29, 0.717) is 11.5 Å². The van der Waals surface area contributed by atoms with Crippen molar-refractivity contribution >= 4 is 0 Å². The minimum atomic E-state index is -4.47. The highest BCUT2D eigenvalue weighted by Crippen LogP contribution is 2.35. The summed E-state index contributed by atoms with van der Waals surface area (Å²) in [6, 6.07) is 11.5. The number of benzene rings is 2. The van der Waals surface area contributed by atoms with Crippen LogP contribution in [0.2, 0.25) is 0 Å². The van der Waals surface area contributed by atoms with E-state index in [1.807, 2.05) is 32.0 Å². The predicted molar refractivity (Wildman–Crippen MR) is 76.9 cm³/mol. The molecule has 0 aliphatic carbocycles. The number of alkyl halides is 3. The maximum atomic E-state index is 13.0. The summed E-state index contributed by atoms with van der Waals surface area (Å²) in [6.45, 7) is 3.45. The first-order valence-electron chi connectivity index (χ1n) is 6.74. The van der Waals surface area contributed by atoms with Crippen LogP contribution in [0, 0.1) is 0 Å². The fourth-order valence-electron chi connectivity index (χ4n) is 2.24. The molecule has 0 bridgehead atoms. The van der Waals surface area contributed by atoms with Gasteiger partial charge in [-0.05, 0) is 34.2 Å². The number of aliphatic hydroxyl groups is 1. The summed E-state index contributed by atoms with van der Waals surface area (Å²) in [5, 5.41) is 9.06. The molecular weight excluding hydrogens is 277 g/mol. The van der Waals surface area contributed by atoms with Gasteiger partial charge in [0.05, 0.1) is 12.2 Å². The Kier molecular flexibility index (Phi) is 4.37. The van der Waals surface area contributed by atoms with Gasteiger partial charge in [-0.3, -0.25) is 0 Å². The largest absolute Gasteiger partial charge is 0.416 e. The average Bonchev–Trinajstić information content (AvgIpc) is 2.45. The molecule has 0 radical (unpaired) electrons. The maximum absolute atomic E-state index is 13.0. The molecule has 1 N–H and O–H groups in total. The Morgan fingerprint density at radius 3 is 2.24 bits per heavy atom. The van der Waals surface area contributed by atoms with Crippen LogP contribution in [0.1, 0.15) is 36.5 Å². The highest BCUT2D eigenvalue weighted by molar-refractivity contribution is 5.66.